The number of ether oxygens (including phenoxy) is 1. The molecule has 17 heavy (non-hydrogen) atoms. The Labute approximate surface area is 105 Å². The summed E-state index contributed by atoms with van der Waals surface area (Å²) in [5, 5.41) is 11.6. The average Bonchev–Trinajstić information content (AvgIpc) is 2.29. The van der Waals surface area contributed by atoms with Gasteiger partial charge in [0.25, 0.3) is 0 Å². The fraction of sp³-hybridized carbons (Fsp3) is 0.333. The molecule has 1 amide bonds. The predicted octanol–water partition coefficient (Wildman–Crippen LogP) is 2.58. The summed E-state index contributed by atoms with van der Waals surface area (Å²) in [6.07, 6.45) is -0.00260. The van der Waals surface area contributed by atoms with Crippen molar-refractivity contribution < 1.29 is 9.53 Å². The van der Waals surface area contributed by atoms with Crippen LogP contribution in [0.4, 0.5) is 5.69 Å². The summed E-state index contributed by atoms with van der Waals surface area (Å²) in [5.74, 6) is -0.273. The lowest BCUT2D eigenvalue weighted by atomic mass is 10.2. The molecule has 1 rings (SSSR count). The molecule has 0 atom stereocenters. The average molecular weight is 253 g/mol. The van der Waals surface area contributed by atoms with E-state index in [2.05, 4.69) is 5.32 Å². The second kappa shape index (κ2) is 6.24. The number of nitriles is 1. The first-order valence-corrected chi connectivity index (χ1v) is 5.52. The normalized spacial score (nSPS) is 10.1. The highest BCUT2D eigenvalue weighted by Gasteiger charge is 2.07. The molecule has 0 aliphatic rings. The highest BCUT2D eigenvalue weighted by molar-refractivity contribution is 6.33. The quantitative estimate of drug-likeness (QED) is 0.896. The van der Waals surface area contributed by atoms with Crippen LogP contribution in [0.15, 0.2) is 18.2 Å². The topological polar surface area (TPSA) is 62.1 Å². The third kappa shape index (κ3) is 4.43. The molecule has 0 saturated heterocycles. The number of halogens is 1. The van der Waals surface area contributed by atoms with Crippen LogP contribution in [-0.2, 0) is 9.53 Å². The van der Waals surface area contributed by atoms with Gasteiger partial charge in [0.1, 0.15) is 6.61 Å². The summed E-state index contributed by atoms with van der Waals surface area (Å²) in [5.41, 5.74) is 0.925. The smallest absolute Gasteiger partial charge is 0.250 e. The second-order valence-electron chi connectivity index (χ2n) is 3.71. The molecule has 4 nitrogen and oxygen atoms in total. The molecule has 1 aromatic rings. The van der Waals surface area contributed by atoms with Gasteiger partial charge >= 0.3 is 0 Å². The summed E-state index contributed by atoms with van der Waals surface area (Å²) in [6, 6.07) is 6.65. The third-order valence-electron chi connectivity index (χ3n) is 1.92. The van der Waals surface area contributed by atoms with Crippen molar-refractivity contribution in [1.82, 2.24) is 0 Å². The van der Waals surface area contributed by atoms with E-state index in [4.69, 9.17) is 21.6 Å². The van der Waals surface area contributed by atoms with Gasteiger partial charge in [0.2, 0.25) is 5.91 Å². The van der Waals surface area contributed by atoms with E-state index in [9.17, 15) is 4.79 Å². The van der Waals surface area contributed by atoms with Crippen molar-refractivity contribution in [2.75, 3.05) is 11.9 Å². The summed E-state index contributed by atoms with van der Waals surface area (Å²) in [7, 11) is 0. The van der Waals surface area contributed by atoms with Crippen molar-refractivity contribution >= 4 is 23.2 Å². The van der Waals surface area contributed by atoms with Crippen LogP contribution in [0.5, 0.6) is 0 Å². The number of carbonyl (C=O) groups is 1. The second-order valence-corrected chi connectivity index (χ2v) is 4.12. The Balaban J connectivity index is 2.63. The van der Waals surface area contributed by atoms with Gasteiger partial charge in [0.05, 0.1) is 28.4 Å². The summed E-state index contributed by atoms with van der Waals surface area (Å²) >= 11 is 5.91. The van der Waals surface area contributed by atoms with Gasteiger partial charge in [-0.05, 0) is 32.0 Å². The van der Waals surface area contributed by atoms with Gasteiger partial charge in [-0.2, -0.15) is 5.26 Å². The molecule has 0 unspecified atom stereocenters. The van der Waals surface area contributed by atoms with Crippen LogP contribution in [-0.4, -0.2) is 18.6 Å². The van der Waals surface area contributed by atoms with Crippen LogP contribution in [0.1, 0.15) is 19.4 Å². The van der Waals surface area contributed by atoms with Crippen LogP contribution in [0, 0.1) is 11.3 Å². The largest absolute Gasteiger partial charge is 0.369 e. The van der Waals surface area contributed by atoms with E-state index < -0.39 is 0 Å². The molecule has 0 aliphatic carbocycles. The zero-order valence-electron chi connectivity index (χ0n) is 9.66. The van der Waals surface area contributed by atoms with Gasteiger partial charge in [0.15, 0.2) is 0 Å². The summed E-state index contributed by atoms with van der Waals surface area (Å²) in [4.78, 5) is 11.5. The van der Waals surface area contributed by atoms with E-state index in [1.807, 2.05) is 19.9 Å². The fourth-order valence-electron chi connectivity index (χ4n) is 1.11. The van der Waals surface area contributed by atoms with E-state index in [1.54, 1.807) is 12.1 Å². The van der Waals surface area contributed by atoms with E-state index in [-0.39, 0.29) is 18.6 Å². The molecule has 90 valence electrons. The minimum Gasteiger partial charge on any atom is -0.369 e. The van der Waals surface area contributed by atoms with Gasteiger partial charge in [-0.25, -0.2) is 0 Å². The van der Waals surface area contributed by atoms with Crippen molar-refractivity contribution in [3.8, 4) is 6.07 Å². The van der Waals surface area contributed by atoms with Crippen LogP contribution >= 0.6 is 11.6 Å². The number of hydrogen-bond donors (Lipinski definition) is 1. The molecule has 0 radical (unpaired) electrons. The van der Waals surface area contributed by atoms with Crippen molar-refractivity contribution in [3.05, 3.63) is 28.8 Å². The molecule has 0 spiro atoms. The Morgan fingerprint density at radius 1 is 1.59 bits per heavy atom. The van der Waals surface area contributed by atoms with Crippen LogP contribution in [0.25, 0.3) is 0 Å². The molecular formula is C12H13ClN2O2. The fourth-order valence-corrected chi connectivity index (χ4v) is 1.34. The van der Waals surface area contributed by atoms with Gasteiger partial charge in [-0.15, -0.1) is 0 Å². The first kappa shape index (κ1) is 13.5. The van der Waals surface area contributed by atoms with E-state index >= 15 is 0 Å². The highest BCUT2D eigenvalue weighted by Crippen LogP contribution is 2.22. The predicted molar refractivity (Wildman–Crippen MR) is 65.9 cm³/mol. The zero-order valence-corrected chi connectivity index (χ0v) is 10.4. The van der Waals surface area contributed by atoms with Crippen LogP contribution < -0.4 is 5.32 Å². The van der Waals surface area contributed by atoms with Gasteiger partial charge < -0.3 is 10.1 Å². The molecule has 0 saturated carbocycles. The van der Waals surface area contributed by atoms with E-state index in [0.29, 0.717) is 16.3 Å². The van der Waals surface area contributed by atoms with Gasteiger partial charge in [0, 0.05) is 0 Å². The number of anilines is 1. The molecule has 0 aromatic heterocycles. The number of nitrogens with one attached hydrogen (secondary N) is 1. The van der Waals surface area contributed by atoms with E-state index in [0.717, 1.165) is 0 Å². The first-order chi connectivity index (χ1) is 8.02. The lowest BCUT2D eigenvalue weighted by Gasteiger charge is -2.09. The maximum Gasteiger partial charge on any atom is 0.250 e. The standard InChI is InChI=1S/C12H13ClN2O2/c1-8(2)17-7-12(16)15-11-4-3-9(6-14)5-10(11)13/h3-5,8H,7H2,1-2H3,(H,15,16). The Morgan fingerprint density at radius 3 is 2.82 bits per heavy atom. The maximum absolute atomic E-state index is 11.5. The molecule has 0 bridgehead atoms. The maximum atomic E-state index is 11.5. The highest BCUT2D eigenvalue weighted by atomic mass is 35.5. The molecule has 0 aliphatic heterocycles. The van der Waals surface area contributed by atoms with Crippen molar-refractivity contribution in [3.63, 3.8) is 0 Å². The van der Waals surface area contributed by atoms with Crippen LogP contribution in [0.3, 0.4) is 0 Å². The van der Waals surface area contributed by atoms with Gasteiger partial charge in [-0.3, -0.25) is 4.79 Å². The number of carbonyl (C=O) groups excluding carboxylic acids is 1. The number of nitrogens with zero attached hydrogens (tertiary/aromatic N) is 1. The minimum absolute atomic E-state index is 0.00260. The Bertz CT molecular complexity index is 452. The lowest BCUT2D eigenvalue weighted by molar-refractivity contribution is -0.121. The summed E-state index contributed by atoms with van der Waals surface area (Å²) in [6.45, 7) is 3.68. The van der Waals surface area contributed by atoms with Crippen molar-refractivity contribution in [2.24, 2.45) is 0 Å². The monoisotopic (exact) mass is 252 g/mol. The zero-order chi connectivity index (χ0) is 12.8. The lowest BCUT2D eigenvalue weighted by Crippen LogP contribution is -2.20. The SMILES string of the molecule is CC(C)OCC(=O)Nc1ccc(C#N)cc1Cl. The Morgan fingerprint density at radius 2 is 2.29 bits per heavy atom. The molecule has 0 heterocycles. The Hall–Kier alpha value is -1.57. The Kier molecular flexibility index (Phi) is 4.95. The molecule has 1 aromatic carbocycles. The van der Waals surface area contributed by atoms with E-state index in [1.165, 1.54) is 6.07 Å². The minimum atomic E-state index is -0.273. The van der Waals surface area contributed by atoms with Crippen molar-refractivity contribution in [2.45, 2.75) is 20.0 Å². The van der Waals surface area contributed by atoms with Gasteiger partial charge in [-0.1, -0.05) is 11.6 Å². The number of benzene rings is 1. The number of hydrogen-bond acceptors (Lipinski definition) is 3. The third-order valence-corrected chi connectivity index (χ3v) is 2.23. The molecular weight excluding hydrogens is 240 g/mol. The summed E-state index contributed by atoms with van der Waals surface area (Å²) < 4.78 is 5.15. The molecule has 5 heteroatoms. The number of amides is 1. The van der Waals surface area contributed by atoms with Crippen LogP contribution in [0.2, 0.25) is 5.02 Å². The first-order valence-electron chi connectivity index (χ1n) is 5.14. The van der Waals surface area contributed by atoms with Crippen molar-refractivity contribution in [1.29, 1.82) is 5.26 Å². The number of rotatable bonds is 4. The molecule has 1 N–H and O–H groups in total. The molecule has 0 fully saturated rings.